The zero-order valence-electron chi connectivity index (χ0n) is 15.8. The monoisotopic (exact) mass is 367 g/mol. The number of ether oxygens (including phenoxy) is 2. The fourth-order valence-corrected chi connectivity index (χ4v) is 3.27. The van der Waals surface area contributed by atoms with Crippen LogP contribution in [0.5, 0.6) is 5.75 Å². The maximum Gasteiger partial charge on any atom is 0.251 e. The van der Waals surface area contributed by atoms with Crippen molar-refractivity contribution < 1.29 is 19.1 Å². The van der Waals surface area contributed by atoms with Crippen LogP contribution in [0.1, 0.15) is 40.5 Å². The summed E-state index contributed by atoms with van der Waals surface area (Å²) in [6.45, 7) is 3.76. The van der Waals surface area contributed by atoms with Crippen LogP contribution in [0.25, 0.3) is 11.1 Å². The molecule has 0 aromatic heterocycles. The van der Waals surface area contributed by atoms with Crippen LogP contribution >= 0.6 is 0 Å². The predicted octanol–water partition coefficient (Wildman–Crippen LogP) is 3.72. The van der Waals surface area contributed by atoms with Crippen molar-refractivity contribution in [3.05, 3.63) is 53.6 Å². The molecular weight excluding hydrogens is 342 g/mol. The van der Waals surface area contributed by atoms with Crippen LogP contribution in [0.15, 0.2) is 42.5 Å². The second-order valence-corrected chi connectivity index (χ2v) is 6.81. The fourth-order valence-electron chi connectivity index (χ4n) is 3.27. The van der Waals surface area contributed by atoms with Crippen molar-refractivity contribution in [2.75, 3.05) is 26.9 Å². The van der Waals surface area contributed by atoms with Crippen molar-refractivity contribution >= 4 is 11.7 Å². The first-order valence-corrected chi connectivity index (χ1v) is 9.24. The number of hydrogen-bond acceptors (Lipinski definition) is 4. The molecule has 2 aromatic rings. The topological polar surface area (TPSA) is 64.6 Å². The van der Waals surface area contributed by atoms with E-state index < -0.39 is 0 Å². The lowest BCUT2D eigenvalue weighted by atomic mass is 9.99. The number of ketones is 1. The van der Waals surface area contributed by atoms with Gasteiger partial charge < -0.3 is 14.8 Å². The van der Waals surface area contributed by atoms with Gasteiger partial charge in [-0.3, -0.25) is 9.59 Å². The minimum absolute atomic E-state index is 0.0437. The van der Waals surface area contributed by atoms with Gasteiger partial charge in [0.05, 0.1) is 12.7 Å². The molecule has 5 heteroatoms. The Bertz CT molecular complexity index is 808. The van der Waals surface area contributed by atoms with E-state index >= 15 is 0 Å². The minimum atomic E-state index is -0.0628. The molecule has 3 rings (SSSR count). The third kappa shape index (κ3) is 4.74. The van der Waals surface area contributed by atoms with E-state index in [4.69, 9.17) is 9.47 Å². The number of hydrogen-bond donors (Lipinski definition) is 1. The number of amides is 1. The van der Waals surface area contributed by atoms with Crippen LogP contribution in [0.4, 0.5) is 0 Å². The summed E-state index contributed by atoms with van der Waals surface area (Å²) in [4.78, 5) is 24.2. The van der Waals surface area contributed by atoms with E-state index in [9.17, 15) is 9.59 Å². The van der Waals surface area contributed by atoms with Gasteiger partial charge in [-0.25, -0.2) is 0 Å². The first-order valence-electron chi connectivity index (χ1n) is 9.24. The number of carbonyl (C=O) groups excluding carboxylic acids is 2. The van der Waals surface area contributed by atoms with Gasteiger partial charge in [0.25, 0.3) is 5.91 Å². The fraction of sp³-hybridized carbons (Fsp3) is 0.364. The van der Waals surface area contributed by atoms with Gasteiger partial charge in [0.1, 0.15) is 5.75 Å². The average Bonchev–Trinajstić information content (AvgIpc) is 2.72. The number of benzene rings is 2. The summed E-state index contributed by atoms with van der Waals surface area (Å²) in [7, 11) is 1.55. The van der Waals surface area contributed by atoms with Crippen LogP contribution in [-0.2, 0) is 4.74 Å². The molecule has 1 aliphatic rings. The smallest absolute Gasteiger partial charge is 0.251 e. The highest BCUT2D eigenvalue weighted by atomic mass is 16.5. The zero-order chi connectivity index (χ0) is 19.2. The molecule has 0 aliphatic carbocycles. The van der Waals surface area contributed by atoms with Crippen molar-refractivity contribution in [1.82, 2.24) is 5.32 Å². The molecule has 1 amide bonds. The standard InChI is InChI=1S/C22H25NO4/c1-15(24)20-13-19(7-8-21(20)26-2)17-3-5-18(6-4-17)22(25)23-14-16-9-11-27-12-10-16/h3-8,13,16H,9-12,14H2,1-2H3,(H,23,25). The Kier molecular flexibility index (Phi) is 6.24. The average molecular weight is 367 g/mol. The van der Waals surface area contributed by atoms with Crippen molar-refractivity contribution in [3.63, 3.8) is 0 Å². The van der Waals surface area contributed by atoms with Crippen LogP contribution in [0.2, 0.25) is 0 Å². The van der Waals surface area contributed by atoms with Gasteiger partial charge in [0.2, 0.25) is 0 Å². The molecule has 1 N–H and O–H groups in total. The summed E-state index contributed by atoms with van der Waals surface area (Å²) in [6.07, 6.45) is 1.99. The summed E-state index contributed by atoms with van der Waals surface area (Å²) < 4.78 is 10.6. The number of Topliss-reactive ketones (excluding diaryl/α,β-unsaturated/α-hetero) is 1. The van der Waals surface area contributed by atoms with Crippen molar-refractivity contribution in [2.45, 2.75) is 19.8 Å². The Morgan fingerprint density at radius 2 is 1.74 bits per heavy atom. The summed E-state index contributed by atoms with van der Waals surface area (Å²) in [5.41, 5.74) is 3.04. The number of nitrogens with one attached hydrogen (secondary N) is 1. The van der Waals surface area contributed by atoms with Gasteiger partial charge in [-0.1, -0.05) is 18.2 Å². The van der Waals surface area contributed by atoms with Crippen molar-refractivity contribution in [1.29, 1.82) is 0 Å². The Balaban J connectivity index is 1.68. The molecule has 0 radical (unpaired) electrons. The van der Waals surface area contributed by atoms with E-state index in [1.54, 1.807) is 13.2 Å². The minimum Gasteiger partial charge on any atom is -0.496 e. The summed E-state index contributed by atoms with van der Waals surface area (Å²) in [5.74, 6) is 0.951. The normalized spacial score (nSPS) is 14.6. The second kappa shape index (κ2) is 8.82. The Labute approximate surface area is 159 Å². The first-order chi connectivity index (χ1) is 13.1. The number of rotatable bonds is 6. The number of methoxy groups -OCH3 is 1. The third-order valence-corrected chi connectivity index (χ3v) is 4.95. The predicted molar refractivity (Wildman–Crippen MR) is 104 cm³/mol. The molecule has 0 spiro atoms. The second-order valence-electron chi connectivity index (χ2n) is 6.81. The lowest BCUT2D eigenvalue weighted by Crippen LogP contribution is -2.32. The molecule has 0 unspecified atom stereocenters. The van der Waals surface area contributed by atoms with Crippen LogP contribution < -0.4 is 10.1 Å². The van der Waals surface area contributed by atoms with E-state index in [2.05, 4.69) is 5.32 Å². The van der Waals surface area contributed by atoms with E-state index in [-0.39, 0.29) is 11.7 Å². The van der Waals surface area contributed by atoms with E-state index in [0.29, 0.717) is 29.3 Å². The van der Waals surface area contributed by atoms with Gasteiger partial charge in [-0.2, -0.15) is 0 Å². The Morgan fingerprint density at radius 1 is 1.07 bits per heavy atom. The SMILES string of the molecule is COc1ccc(-c2ccc(C(=O)NCC3CCOCC3)cc2)cc1C(C)=O. The summed E-state index contributed by atoms with van der Waals surface area (Å²) in [5, 5.41) is 3.01. The van der Waals surface area contributed by atoms with Crippen molar-refractivity contribution in [2.24, 2.45) is 5.92 Å². The van der Waals surface area contributed by atoms with Gasteiger partial charge >= 0.3 is 0 Å². The molecule has 27 heavy (non-hydrogen) atoms. The quantitative estimate of drug-likeness (QED) is 0.791. The van der Waals surface area contributed by atoms with Gasteiger partial charge in [0.15, 0.2) is 5.78 Å². The molecule has 142 valence electrons. The van der Waals surface area contributed by atoms with Gasteiger partial charge in [0, 0.05) is 25.3 Å². The molecule has 5 nitrogen and oxygen atoms in total. The highest BCUT2D eigenvalue weighted by molar-refractivity contribution is 5.98. The maximum absolute atomic E-state index is 12.4. The van der Waals surface area contributed by atoms with Crippen LogP contribution in [0.3, 0.4) is 0 Å². The molecule has 0 atom stereocenters. The van der Waals surface area contributed by atoms with Crippen LogP contribution in [-0.4, -0.2) is 38.6 Å². The molecule has 1 saturated heterocycles. The van der Waals surface area contributed by atoms with Crippen molar-refractivity contribution in [3.8, 4) is 16.9 Å². The summed E-state index contributed by atoms with van der Waals surface area (Å²) in [6, 6.07) is 12.9. The van der Waals surface area contributed by atoms with E-state index in [1.165, 1.54) is 6.92 Å². The Morgan fingerprint density at radius 3 is 2.37 bits per heavy atom. The number of carbonyl (C=O) groups is 2. The van der Waals surface area contributed by atoms with Crippen LogP contribution in [0, 0.1) is 5.92 Å². The lowest BCUT2D eigenvalue weighted by molar-refractivity contribution is 0.0642. The molecule has 0 saturated carbocycles. The molecule has 1 aliphatic heterocycles. The Hall–Kier alpha value is -2.66. The molecule has 0 bridgehead atoms. The first kappa shape index (κ1) is 19.1. The van der Waals surface area contributed by atoms with Gasteiger partial charge in [-0.05, 0) is 61.1 Å². The maximum atomic E-state index is 12.4. The van der Waals surface area contributed by atoms with E-state index in [0.717, 1.165) is 37.2 Å². The molecular formula is C22H25NO4. The summed E-state index contributed by atoms with van der Waals surface area (Å²) >= 11 is 0. The van der Waals surface area contributed by atoms with E-state index in [1.807, 2.05) is 36.4 Å². The van der Waals surface area contributed by atoms with Gasteiger partial charge in [-0.15, -0.1) is 0 Å². The zero-order valence-corrected chi connectivity index (χ0v) is 15.8. The largest absolute Gasteiger partial charge is 0.496 e. The lowest BCUT2D eigenvalue weighted by Gasteiger charge is -2.22. The highest BCUT2D eigenvalue weighted by Crippen LogP contribution is 2.27. The molecule has 1 heterocycles. The molecule has 1 fully saturated rings. The molecule has 2 aromatic carbocycles. The third-order valence-electron chi connectivity index (χ3n) is 4.95. The highest BCUT2D eigenvalue weighted by Gasteiger charge is 2.15.